The van der Waals surface area contributed by atoms with Crippen molar-refractivity contribution in [2.45, 2.75) is 24.0 Å². The summed E-state index contributed by atoms with van der Waals surface area (Å²) in [6.45, 7) is 4.03. The highest BCUT2D eigenvalue weighted by atomic mass is 32.2. The predicted octanol–water partition coefficient (Wildman–Crippen LogP) is 1.84. The molecule has 1 saturated heterocycles. The molecule has 1 fully saturated rings. The smallest absolute Gasteiger partial charge is 0.250 e. The number of sulfonamides is 1. The fourth-order valence-electron chi connectivity index (χ4n) is 1.80. The molecule has 0 amide bonds. The monoisotopic (exact) mass is 275 g/mol. The molecular formula is C11H17NO3S2. The zero-order valence-electron chi connectivity index (χ0n) is 9.81. The molecule has 17 heavy (non-hydrogen) atoms. The van der Waals surface area contributed by atoms with Gasteiger partial charge in [-0.3, -0.25) is 0 Å². The summed E-state index contributed by atoms with van der Waals surface area (Å²) in [6.07, 6.45) is 1.81. The van der Waals surface area contributed by atoms with Gasteiger partial charge in [-0.2, -0.15) is 0 Å². The van der Waals surface area contributed by atoms with Crippen LogP contribution in [0.15, 0.2) is 21.7 Å². The summed E-state index contributed by atoms with van der Waals surface area (Å²) in [5, 5.41) is 1.77. The average Bonchev–Trinajstić information content (AvgIpc) is 2.82. The van der Waals surface area contributed by atoms with Gasteiger partial charge in [-0.05, 0) is 29.7 Å². The first kappa shape index (κ1) is 13.0. The zero-order chi connectivity index (χ0) is 12.4. The molecule has 0 unspecified atom stereocenters. The third-order valence-electron chi connectivity index (χ3n) is 3.15. The van der Waals surface area contributed by atoms with Gasteiger partial charge in [-0.15, -0.1) is 11.3 Å². The van der Waals surface area contributed by atoms with E-state index in [1.165, 1.54) is 11.3 Å². The van der Waals surface area contributed by atoms with Crippen molar-refractivity contribution in [1.29, 1.82) is 0 Å². The van der Waals surface area contributed by atoms with E-state index in [2.05, 4.69) is 11.6 Å². The van der Waals surface area contributed by atoms with Gasteiger partial charge in [0.2, 0.25) is 10.0 Å². The maximum Gasteiger partial charge on any atom is 0.250 e. The predicted molar refractivity (Wildman–Crippen MR) is 67.7 cm³/mol. The minimum Gasteiger partial charge on any atom is -0.381 e. The van der Waals surface area contributed by atoms with Crippen LogP contribution in [0.3, 0.4) is 0 Å². The van der Waals surface area contributed by atoms with Crippen LogP contribution in [0.2, 0.25) is 0 Å². The fraction of sp³-hybridized carbons (Fsp3) is 0.636. The van der Waals surface area contributed by atoms with Gasteiger partial charge in [0.15, 0.2) is 0 Å². The van der Waals surface area contributed by atoms with Gasteiger partial charge in [0.1, 0.15) is 4.21 Å². The van der Waals surface area contributed by atoms with Crippen LogP contribution in [0.1, 0.15) is 19.8 Å². The van der Waals surface area contributed by atoms with Crippen LogP contribution < -0.4 is 4.72 Å². The van der Waals surface area contributed by atoms with E-state index >= 15 is 0 Å². The molecule has 1 aromatic rings. The minimum atomic E-state index is -3.33. The van der Waals surface area contributed by atoms with Crippen LogP contribution in [0, 0.1) is 5.41 Å². The van der Waals surface area contributed by atoms with Crippen molar-refractivity contribution in [3.8, 4) is 0 Å². The number of nitrogens with one attached hydrogen (secondary N) is 1. The second-order valence-corrected chi connectivity index (χ2v) is 7.62. The summed E-state index contributed by atoms with van der Waals surface area (Å²) in [7, 11) is -3.33. The Bertz CT molecular complexity index is 447. The SMILES string of the molecule is CC1(CNS(=O)(=O)c2cccs2)CCOCC1. The summed E-state index contributed by atoms with van der Waals surface area (Å²) < 4.78 is 32.3. The molecule has 0 atom stereocenters. The number of rotatable bonds is 4. The van der Waals surface area contributed by atoms with Crippen LogP contribution >= 0.6 is 11.3 Å². The highest BCUT2D eigenvalue weighted by Gasteiger charge is 2.29. The Labute approximate surface area is 106 Å². The van der Waals surface area contributed by atoms with Gasteiger partial charge in [-0.1, -0.05) is 13.0 Å². The Morgan fingerprint density at radius 3 is 2.76 bits per heavy atom. The molecule has 0 saturated carbocycles. The minimum absolute atomic E-state index is 0.0164. The van der Waals surface area contributed by atoms with E-state index < -0.39 is 10.0 Å². The van der Waals surface area contributed by atoms with Gasteiger partial charge in [0.05, 0.1) is 0 Å². The third-order valence-corrected chi connectivity index (χ3v) is 5.95. The molecule has 0 aliphatic carbocycles. The van der Waals surface area contributed by atoms with Gasteiger partial charge in [0, 0.05) is 19.8 Å². The van der Waals surface area contributed by atoms with Gasteiger partial charge < -0.3 is 4.74 Å². The molecule has 0 radical (unpaired) electrons. The molecule has 0 bridgehead atoms. The molecule has 1 aromatic heterocycles. The number of hydrogen-bond donors (Lipinski definition) is 1. The molecule has 96 valence electrons. The molecule has 1 aliphatic heterocycles. The molecule has 1 aliphatic rings. The van der Waals surface area contributed by atoms with Crippen LogP contribution in [0.4, 0.5) is 0 Å². The summed E-state index contributed by atoms with van der Waals surface area (Å²) in [5.41, 5.74) is 0.0164. The Balaban J connectivity index is 1.98. The van der Waals surface area contributed by atoms with Crippen molar-refractivity contribution < 1.29 is 13.2 Å². The van der Waals surface area contributed by atoms with E-state index in [-0.39, 0.29) is 5.41 Å². The lowest BCUT2D eigenvalue weighted by atomic mass is 9.83. The highest BCUT2D eigenvalue weighted by Crippen LogP contribution is 2.29. The van der Waals surface area contributed by atoms with Crippen LogP contribution in [0.25, 0.3) is 0 Å². The molecule has 2 rings (SSSR count). The highest BCUT2D eigenvalue weighted by molar-refractivity contribution is 7.91. The number of thiophene rings is 1. The van der Waals surface area contributed by atoms with Gasteiger partial charge in [-0.25, -0.2) is 13.1 Å². The maximum atomic E-state index is 11.9. The normalized spacial score (nSPS) is 20.3. The Morgan fingerprint density at radius 2 is 2.18 bits per heavy atom. The molecule has 4 nitrogen and oxygen atoms in total. The van der Waals surface area contributed by atoms with Gasteiger partial charge >= 0.3 is 0 Å². The standard InChI is InChI=1S/C11H17NO3S2/c1-11(4-6-15-7-5-11)9-12-17(13,14)10-3-2-8-16-10/h2-3,8,12H,4-7,9H2,1H3. The van der Waals surface area contributed by atoms with E-state index in [1.54, 1.807) is 17.5 Å². The summed E-state index contributed by atoms with van der Waals surface area (Å²) in [5.74, 6) is 0. The average molecular weight is 275 g/mol. The van der Waals surface area contributed by atoms with Crippen LogP contribution in [-0.2, 0) is 14.8 Å². The van der Waals surface area contributed by atoms with E-state index in [0.29, 0.717) is 10.8 Å². The van der Waals surface area contributed by atoms with Crippen molar-refractivity contribution in [3.63, 3.8) is 0 Å². The quantitative estimate of drug-likeness (QED) is 0.912. The largest absolute Gasteiger partial charge is 0.381 e. The van der Waals surface area contributed by atoms with E-state index in [4.69, 9.17) is 4.74 Å². The zero-order valence-corrected chi connectivity index (χ0v) is 11.4. The lowest BCUT2D eigenvalue weighted by Gasteiger charge is -2.33. The summed E-state index contributed by atoms with van der Waals surface area (Å²) in [6, 6.07) is 3.37. The van der Waals surface area contributed by atoms with Crippen molar-refractivity contribution in [2.24, 2.45) is 5.41 Å². The third kappa shape index (κ3) is 3.28. The first-order valence-electron chi connectivity index (χ1n) is 5.63. The van der Waals surface area contributed by atoms with Crippen molar-refractivity contribution in [2.75, 3.05) is 19.8 Å². The molecule has 1 N–H and O–H groups in total. The Morgan fingerprint density at radius 1 is 1.47 bits per heavy atom. The first-order chi connectivity index (χ1) is 8.02. The molecule has 6 heteroatoms. The molecule has 2 heterocycles. The molecule has 0 spiro atoms. The van der Waals surface area contributed by atoms with Crippen molar-refractivity contribution in [1.82, 2.24) is 4.72 Å². The first-order valence-corrected chi connectivity index (χ1v) is 7.99. The lowest BCUT2D eigenvalue weighted by Crippen LogP contribution is -2.39. The van der Waals surface area contributed by atoms with E-state index in [9.17, 15) is 8.42 Å². The van der Waals surface area contributed by atoms with Crippen molar-refractivity contribution >= 4 is 21.4 Å². The Kier molecular flexibility index (Phi) is 3.87. The van der Waals surface area contributed by atoms with E-state index in [0.717, 1.165) is 26.1 Å². The fourth-order valence-corrected chi connectivity index (χ4v) is 4.03. The number of hydrogen-bond acceptors (Lipinski definition) is 4. The number of ether oxygens (including phenoxy) is 1. The van der Waals surface area contributed by atoms with Crippen LogP contribution in [-0.4, -0.2) is 28.2 Å². The Hall–Kier alpha value is -0.430. The summed E-state index contributed by atoms with van der Waals surface area (Å²) >= 11 is 1.24. The van der Waals surface area contributed by atoms with Gasteiger partial charge in [0.25, 0.3) is 0 Å². The molecule has 0 aromatic carbocycles. The second kappa shape index (κ2) is 5.06. The lowest BCUT2D eigenvalue weighted by molar-refractivity contribution is 0.0265. The maximum absolute atomic E-state index is 11.9. The van der Waals surface area contributed by atoms with E-state index in [1.807, 2.05) is 0 Å². The van der Waals surface area contributed by atoms with Crippen LogP contribution in [0.5, 0.6) is 0 Å². The topological polar surface area (TPSA) is 55.4 Å². The summed E-state index contributed by atoms with van der Waals surface area (Å²) in [4.78, 5) is 0. The van der Waals surface area contributed by atoms with Crippen molar-refractivity contribution in [3.05, 3.63) is 17.5 Å². The second-order valence-electron chi connectivity index (χ2n) is 4.68. The molecular weight excluding hydrogens is 258 g/mol.